The highest BCUT2D eigenvalue weighted by molar-refractivity contribution is 5.92. The smallest absolute Gasteiger partial charge is 0.128 e. The van der Waals surface area contributed by atoms with Gasteiger partial charge in [0.05, 0.1) is 23.5 Å². The van der Waals surface area contributed by atoms with Crippen LogP contribution in [0.2, 0.25) is 0 Å². The Kier molecular flexibility index (Phi) is 6.63. The molecule has 3 atom stereocenters. The molecule has 0 amide bonds. The summed E-state index contributed by atoms with van der Waals surface area (Å²) in [4.78, 5) is 21.1. The first-order valence-corrected chi connectivity index (χ1v) is 13.3. The van der Waals surface area contributed by atoms with E-state index in [-0.39, 0.29) is 12.2 Å². The predicted octanol–water partition coefficient (Wildman–Crippen LogP) is 2.52. The van der Waals surface area contributed by atoms with Crippen molar-refractivity contribution < 1.29 is 4.74 Å². The third-order valence-electron chi connectivity index (χ3n) is 7.87. The third kappa shape index (κ3) is 4.85. The Bertz CT molecular complexity index is 1320. The number of fused-ring (bicyclic) bond motifs is 2. The summed E-state index contributed by atoms with van der Waals surface area (Å²) in [5, 5.41) is 13.0. The second-order valence-electron chi connectivity index (χ2n) is 10.4. The number of aromatic nitrogens is 3. The summed E-state index contributed by atoms with van der Waals surface area (Å²) in [6.45, 7) is 11.8. The molecule has 0 spiro atoms. The molecule has 2 aromatic heterocycles. The molecule has 0 saturated carbocycles. The van der Waals surface area contributed by atoms with Crippen LogP contribution in [0.15, 0.2) is 36.8 Å². The number of anilines is 2. The van der Waals surface area contributed by atoms with E-state index in [0.29, 0.717) is 17.1 Å². The fraction of sp³-hybridized carbons (Fsp3) is 0.500. The maximum Gasteiger partial charge on any atom is 0.128 e. The van der Waals surface area contributed by atoms with Crippen LogP contribution >= 0.6 is 0 Å². The number of piperazine rings is 1. The summed E-state index contributed by atoms with van der Waals surface area (Å²) < 4.78 is 6.38. The molecule has 192 valence electrons. The first-order chi connectivity index (χ1) is 18.1. The van der Waals surface area contributed by atoms with Crippen LogP contribution in [0.1, 0.15) is 36.6 Å². The number of morpholine rings is 1. The van der Waals surface area contributed by atoms with Gasteiger partial charge in [0.1, 0.15) is 22.9 Å². The van der Waals surface area contributed by atoms with Crippen LogP contribution in [0.25, 0.3) is 11.0 Å². The Labute approximate surface area is 218 Å². The minimum absolute atomic E-state index is 0.105. The van der Waals surface area contributed by atoms with Crippen molar-refractivity contribution in [2.45, 2.75) is 38.5 Å². The van der Waals surface area contributed by atoms with Crippen molar-refractivity contribution >= 4 is 22.5 Å². The van der Waals surface area contributed by atoms with Crippen molar-refractivity contribution in [2.24, 2.45) is 0 Å². The second kappa shape index (κ2) is 10.2. The fourth-order valence-electron chi connectivity index (χ4n) is 5.99. The van der Waals surface area contributed by atoms with Gasteiger partial charge in [0.15, 0.2) is 0 Å². The highest BCUT2D eigenvalue weighted by atomic mass is 16.5. The van der Waals surface area contributed by atoms with Gasteiger partial charge in [0.25, 0.3) is 0 Å². The average Bonchev–Trinajstić information content (AvgIpc) is 2.92. The lowest BCUT2D eigenvalue weighted by molar-refractivity contribution is -0.0327. The highest BCUT2D eigenvalue weighted by Crippen LogP contribution is 2.29. The summed E-state index contributed by atoms with van der Waals surface area (Å²) in [5.74, 6) is 1.11. The van der Waals surface area contributed by atoms with Crippen LogP contribution in [0.3, 0.4) is 0 Å². The molecule has 3 aliphatic heterocycles. The van der Waals surface area contributed by atoms with E-state index in [2.05, 4.69) is 62.2 Å². The molecule has 0 unspecified atom stereocenters. The van der Waals surface area contributed by atoms with Gasteiger partial charge in [-0.1, -0.05) is 0 Å². The van der Waals surface area contributed by atoms with Crippen molar-refractivity contribution in [1.29, 1.82) is 5.26 Å². The molecular weight excluding hydrogens is 464 g/mol. The summed E-state index contributed by atoms with van der Waals surface area (Å²) in [5.41, 5.74) is 5.80. The number of benzene rings is 1. The van der Waals surface area contributed by atoms with Gasteiger partial charge in [0, 0.05) is 70.4 Å². The van der Waals surface area contributed by atoms with Gasteiger partial charge in [-0.25, -0.2) is 4.98 Å². The number of ether oxygens (including phenoxy) is 1. The molecule has 6 rings (SSSR count). The molecule has 0 radical (unpaired) electrons. The number of rotatable bonds is 4. The Morgan fingerprint density at radius 3 is 2.65 bits per heavy atom. The van der Waals surface area contributed by atoms with Crippen molar-refractivity contribution in [1.82, 2.24) is 25.2 Å². The van der Waals surface area contributed by atoms with Gasteiger partial charge in [-0.2, -0.15) is 5.26 Å². The highest BCUT2D eigenvalue weighted by Gasteiger charge is 2.30. The number of hydrogen-bond acceptors (Lipinski definition) is 9. The zero-order valence-electron chi connectivity index (χ0n) is 21.6. The van der Waals surface area contributed by atoms with E-state index in [0.717, 1.165) is 75.8 Å². The molecule has 37 heavy (non-hydrogen) atoms. The largest absolute Gasteiger partial charge is 0.370 e. The van der Waals surface area contributed by atoms with Gasteiger partial charge >= 0.3 is 0 Å². The first-order valence-electron chi connectivity index (χ1n) is 13.3. The zero-order valence-corrected chi connectivity index (χ0v) is 21.6. The average molecular weight is 499 g/mol. The van der Waals surface area contributed by atoms with E-state index in [1.54, 1.807) is 12.4 Å². The molecule has 3 aliphatic rings. The maximum atomic E-state index is 9.49. The lowest BCUT2D eigenvalue weighted by Gasteiger charge is -2.42. The van der Waals surface area contributed by atoms with Gasteiger partial charge in [-0.15, -0.1) is 0 Å². The third-order valence-corrected chi connectivity index (χ3v) is 7.87. The number of nitriles is 1. The normalized spacial score (nSPS) is 24.6. The molecule has 0 aliphatic carbocycles. The molecule has 2 saturated heterocycles. The van der Waals surface area contributed by atoms with Crippen molar-refractivity contribution in [3.8, 4) is 6.07 Å². The summed E-state index contributed by atoms with van der Waals surface area (Å²) in [6, 6.07) is 8.79. The van der Waals surface area contributed by atoms with Crippen LogP contribution in [-0.4, -0.2) is 84.4 Å². The van der Waals surface area contributed by atoms with Crippen LogP contribution in [0, 0.1) is 11.3 Å². The molecule has 3 aromatic rings. The molecule has 1 N–H and O–H groups in total. The first kappa shape index (κ1) is 24.0. The maximum absolute atomic E-state index is 9.49. The molecule has 9 heteroatoms. The van der Waals surface area contributed by atoms with Gasteiger partial charge < -0.3 is 19.9 Å². The van der Waals surface area contributed by atoms with Crippen molar-refractivity contribution in [2.75, 3.05) is 62.2 Å². The van der Waals surface area contributed by atoms with Gasteiger partial charge in [-0.05, 0) is 56.1 Å². The number of nitrogens with one attached hydrogen (secondary N) is 1. The van der Waals surface area contributed by atoms with E-state index in [1.165, 1.54) is 11.1 Å². The lowest BCUT2D eigenvalue weighted by Crippen LogP contribution is -2.54. The topological polar surface area (TPSA) is 93.4 Å². The fourth-order valence-corrected chi connectivity index (χ4v) is 5.99. The van der Waals surface area contributed by atoms with Crippen LogP contribution in [-0.2, 0) is 11.2 Å². The van der Waals surface area contributed by atoms with Crippen LogP contribution in [0.4, 0.5) is 11.5 Å². The van der Waals surface area contributed by atoms with Crippen LogP contribution in [0.5, 0.6) is 0 Å². The monoisotopic (exact) mass is 498 g/mol. The van der Waals surface area contributed by atoms with E-state index >= 15 is 0 Å². The minimum atomic E-state index is 0.105. The van der Waals surface area contributed by atoms with E-state index in [1.807, 2.05) is 12.1 Å². The molecule has 1 aromatic carbocycles. The molecule has 5 heterocycles. The summed E-state index contributed by atoms with van der Waals surface area (Å²) >= 11 is 0. The van der Waals surface area contributed by atoms with Crippen molar-refractivity contribution in [3.63, 3.8) is 0 Å². The second-order valence-corrected chi connectivity index (χ2v) is 10.4. The number of pyridine rings is 1. The molecule has 2 fully saturated rings. The molecule has 9 nitrogen and oxygen atoms in total. The molecule has 0 bridgehead atoms. The number of nitrogens with zero attached hydrogens (tertiary/aromatic N) is 7. The van der Waals surface area contributed by atoms with Crippen molar-refractivity contribution in [3.05, 3.63) is 53.5 Å². The van der Waals surface area contributed by atoms with E-state index in [9.17, 15) is 5.26 Å². The van der Waals surface area contributed by atoms with E-state index in [4.69, 9.17) is 9.72 Å². The van der Waals surface area contributed by atoms with Crippen LogP contribution < -0.4 is 15.1 Å². The Hall–Kier alpha value is -3.32. The minimum Gasteiger partial charge on any atom is -0.370 e. The Balaban J connectivity index is 1.11. The zero-order chi connectivity index (χ0) is 25.4. The SMILES string of the molecule is C[C@@H]1CN(c2ccc(C#N)c3nccnc23)C[C@H](CN2CCN(c3cc4c(cn3)[C@@H](C)NCC4)CC2)O1. The van der Waals surface area contributed by atoms with E-state index < -0.39 is 0 Å². The Morgan fingerprint density at radius 2 is 1.84 bits per heavy atom. The standard InChI is InChI=1S/C28H34N8O/c1-19-16-36(25-4-3-22(14-29)27-28(25)32-8-7-31-27)18-23(37-19)17-34-9-11-35(12-10-34)26-13-21-5-6-30-20(2)24(21)15-33-26/h3-4,7-8,13,15,19-20,23,30H,5-6,9-12,16-18H2,1-2H3/t19-,20-,23+/m1/s1. The lowest BCUT2D eigenvalue weighted by atomic mass is 9.97. The molecular formula is C28H34N8O. The Morgan fingerprint density at radius 1 is 1.03 bits per heavy atom. The quantitative estimate of drug-likeness (QED) is 0.582. The van der Waals surface area contributed by atoms with Gasteiger partial charge in [-0.3, -0.25) is 14.9 Å². The van der Waals surface area contributed by atoms with Gasteiger partial charge in [0.2, 0.25) is 0 Å². The number of hydrogen-bond donors (Lipinski definition) is 1. The predicted molar refractivity (Wildman–Crippen MR) is 144 cm³/mol. The summed E-state index contributed by atoms with van der Waals surface area (Å²) in [7, 11) is 0. The summed E-state index contributed by atoms with van der Waals surface area (Å²) in [6.07, 6.45) is 6.70.